The number of aliphatic hydroxyl groups is 1. The number of hydrogen-bond donors (Lipinski definition) is 2. The first-order chi connectivity index (χ1) is 15.8. The molecule has 33 heavy (non-hydrogen) atoms. The zero-order valence-corrected chi connectivity index (χ0v) is 20.1. The van der Waals surface area contributed by atoms with Gasteiger partial charge in [0.1, 0.15) is 0 Å². The topological polar surface area (TPSA) is 76.1 Å². The molecule has 5 rings (SSSR count). The zero-order chi connectivity index (χ0) is 23.2. The van der Waals surface area contributed by atoms with Crippen LogP contribution in [0.25, 0.3) is 0 Å². The quantitative estimate of drug-likeness (QED) is 0.666. The Bertz CT molecular complexity index is 980. The van der Waals surface area contributed by atoms with Gasteiger partial charge in [0.2, 0.25) is 5.91 Å². The van der Waals surface area contributed by atoms with Gasteiger partial charge in [-0.25, -0.2) is 4.79 Å². The summed E-state index contributed by atoms with van der Waals surface area (Å²) in [6.07, 6.45) is 7.15. The van der Waals surface area contributed by atoms with Crippen molar-refractivity contribution in [1.82, 2.24) is 14.7 Å². The lowest BCUT2D eigenvalue weighted by atomic mass is 9.90. The van der Waals surface area contributed by atoms with Crippen molar-refractivity contribution in [3.63, 3.8) is 0 Å². The van der Waals surface area contributed by atoms with Gasteiger partial charge < -0.3 is 25.1 Å². The Labute approximate surface area is 204 Å². The molecule has 1 unspecified atom stereocenters. The summed E-state index contributed by atoms with van der Waals surface area (Å²) in [5.41, 5.74) is 1.83. The van der Waals surface area contributed by atoms with Gasteiger partial charge in [-0.3, -0.25) is 4.79 Å². The number of fused-ring (bicyclic) bond motifs is 1. The SMILES string of the molecule is O=C(Nc1ccc(Cl)c(Cl)c1)N1CCC(=O)N2C(CCN3CCC4(CC4)[C@H](O)C3)=CCC2C1. The van der Waals surface area contributed by atoms with Crippen LogP contribution in [0.5, 0.6) is 0 Å². The highest BCUT2D eigenvalue weighted by Gasteiger charge is 2.51. The number of aliphatic hydroxyl groups excluding tert-OH is 1. The van der Waals surface area contributed by atoms with Gasteiger partial charge in [0.25, 0.3) is 0 Å². The second-order valence-electron chi connectivity index (χ2n) is 9.78. The highest BCUT2D eigenvalue weighted by Crippen LogP contribution is 2.53. The maximum atomic E-state index is 13.0. The molecule has 3 fully saturated rings. The third kappa shape index (κ3) is 4.74. The number of β-amino-alcohol motifs (C(OH)–C–C–N with tert-alkyl or cyclic N) is 1. The van der Waals surface area contributed by atoms with Crippen molar-refractivity contribution >= 4 is 40.8 Å². The predicted molar refractivity (Wildman–Crippen MR) is 128 cm³/mol. The van der Waals surface area contributed by atoms with E-state index in [0.717, 1.165) is 57.4 Å². The van der Waals surface area contributed by atoms with E-state index < -0.39 is 0 Å². The molecule has 1 spiro atoms. The van der Waals surface area contributed by atoms with Crippen LogP contribution in [0.2, 0.25) is 10.0 Å². The fourth-order valence-corrected chi connectivity index (χ4v) is 5.70. The fraction of sp³-hybridized carbons (Fsp3) is 0.583. The third-order valence-corrected chi connectivity index (χ3v) is 8.43. The molecule has 1 aromatic rings. The number of carbonyl (C=O) groups excluding carboxylic acids is 2. The average molecular weight is 493 g/mol. The minimum atomic E-state index is -0.243. The molecule has 0 bridgehead atoms. The van der Waals surface area contributed by atoms with Crippen molar-refractivity contribution in [3.8, 4) is 0 Å². The zero-order valence-electron chi connectivity index (χ0n) is 18.6. The van der Waals surface area contributed by atoms with Gasteiger partial charge in [0.15, 0.2) is 0 Å². The smallest absolute Gasteiger partial charge is 0.321 e. The Hall–Kier alpha value is -1.80. The van der Waals surface area contributed by atoms with Gasteiger partial charge >= 0.3 is 6.03 Å². The molecule has 3 aliphatic heterocycles. The van der Waals surface area contributed by atoms with Crippen LogP contribution in [0.15, 0.2) is 30.0 Å². The number of hydrogen-bond acceptors (Lipinski definition) is 4. The first kappa shape index (κ1) is 23.0. The van der Waals surface area contributed by atoms with Crippen LogP contribution < -0.4 is 5.32 Å². The minimum absolute atomic E-state index is 0.0313. The van der Waals surface area contributed by atoms with E-state index in [1.54, 1.807) is 23.1 Å². The molecule has 1 saturated carbocycles. The van der Waals surface area contributed by atoms with Crippen LogP contribution in [-0.4, -0.2) is 76.6 Å². The number of carbonyl (C=O) groups is 2. The number of anilines is 1. The van der Waals surface area contributed by atoms with Crippen molar-refractivity contribution in [1.29, 1.82) is 0 Å². The molecular weight excluding hydrogens is 463 g/mol. The maximum Gasteiger partial charge on any atom is 0.321 e. The fourth-order valence-electron chi connectivity index (χ4n) is 5.41. The highest BCUT2D eigenvalue weighted by atomic mass is 35.5. The van der Waals surface area contributed by atoms with E-state index in [-0.39, 0.29) is 29.5 Å². The lowest BCUT2D eigenvalue weighted by Gasteiger charge is -2.37. The lowest BCUT2D eigenvalue weighted by molar-refractivity contribution is -0.129. The van der Waals surface area contributed by atoms with Crippen molar-refractivity contribution in [2.75, 3.05) is 38.0 Å². The Morgan fingerprint density at radius 2 is 1.97 bits per heavy atom. The molecule has 4 aliphatic rings. The van der Waals surface area contributed by atoms with Crippen molar-refractivity contribution < 1.29 is 14.7 Å². The van der Waals surface area contributed by atoms with E-state index >= 15 is 0 Å². The second-order valence-corrected chi connectivity index (χ2v) is 10.6. The Morgan fingerprint density at radius 1 is 1.15 bits per heavy atom. The molecule has 1 aliphatic carbocycles. The first-order valence-electron chi connectivity index (χ1n) is 11.8. The summed E-state index contributed by atoms with van der Waals surface area (Å²) < 4.78 is 0. The van der Waals surface area contributed by atoms with E-state index in [0.29, 0.717) is 35.2 Å². The summed E-state index contributed by atoms with van der Waals surface area (Å²) in [5.74, 6) is 0.0733. The summed E-state index contributed by atoms with van der Waals surface area (Å²) >= 11 is 12.0. The van der Waals surface area contributed by atoms with E-state index in [4.69, 9.17) is 23.2 Å². The second kappa shape index (κ2) is 9.10. The number of nitrogens with zero attached hydrogens (tertiary/aromatic N) is 3. The van der Waals surface area contributed by atoms with Crippen molar-refractivity contribution in [2.45, 2.75) is 50.7 Å². The summed E-state index contributed by atoms with van der Waals surface area (Å²) in [6.45, 7) is 3.46. The lowest BCUT2D eigenvalue weighted by Crippen LogP contribution is -2.46. The maximum absolute atomic E-state index is 13.0. The first-order valence-corrected chi connectivity index (χ1v) is 12.5. The third-order valence-electron chi connectivity index (χ3n) is 7.69. The van der Waals surface area contributed by atoms with Crippen LogP contribution in [-0.2, 0) is 4.79 Å². The number of likely N-dealkylation sites (tertiary alicyclic amines) is 1. The number of amides is 3. The monoisotopic (exact) mass is 492 g/mol. The van der Waals surface area contributed by atoms with Crippen LogP contribution >= 0.6 is 23.2 Å². The Kier molecular flexibility index (Phi) is 6.33. The molecule has 3 heterocycles. The number of nitrogens with one attached hydrogen (secondary N) is 1. The summed E-state index contributed by atoms with van der Waals surface area (Å²) in [5, 5.41) is 14.1. The summed E-state index contributed by atoms with van der Waals surface area (Å²) in [4.78, 5) is 31.8. The van der Waals surface area contributed by atoms with Gasteiger partial charge in [0.05, 0.1) is 22.2 Å². The van der Waals surface area contributed by atoms with Crippen molar-refractivity contribution in [3.05, 3.63) is 40.0 Å². The molecule has 3 amide bonds. The molecule has 178 valence electrons. The predicted octanol–water partition coefficient (Wildman–Crippen LogP) is 3.95. The van der Waals surface area contributed by atoms with Crippen LogP contribution in [0, 0.1) is 5.41 Å². The van der Waals surface area contributed by atoms with E-state index in [2.05, 4.69) is 16.3 Å². The van der Waals surface area contributed by atoms with E-state index in [9.17, 15) is 14.7 Å². The van der Waals surface area contributed by atoms with Crippen molar-refractivity contribution in [2.24, 2.45) is 5.41 Å². The number of halogens is 2. The molecule has 2 saturated heterocycles. The number of rotatable bonds is 4. The molecule has 2 atom stereocenters. The van der Waals surface area contributed by atoms with E-state index in [1.165, 1.54) is 0 Å². The van der Waals surface area contributed by atoms with Crippen LogP contribution in [0.3, 0.4) is 0 Å². The minimum Gasteiger partial charge on any atom is -0.391 e. The molecule has 9 heteroatoms. The largest absolute Gasteiger partial charge is 0.391 e. The molecular formula is C24H30Cl2N4O3. The molecule has 7 nitrogen and oxygen atoms in total. The number of benzene rings is 1. The van der Waals surface area contributed by atoms with Gasteiger partial charge in [-0.1, -0.05) is 29.3 Å². The highest BCUT2D eigenvalue weighted by molar-refractivity contribution is 6.42. The average Bonchev–Trinajstić information content (AvgIpc) is 3.50. The Balaban J connectivity index is 1.17. The van der Waals surface area contributed by atoms with Gasteiger partial charge in [-0.15, -0.1) is 0 Å². The Morgan fingerprint density at radius 3 is 2.70 bits per heavy atom. The molecule has 0 aromatic heterocycles. The van der Waals surface area contributed by atoms with Gasteiger partial charge in [-0.05, 0) is 55.8 Å². The van der Waals surface area contributed by atoms with Crippen LogP contribution in [0.1, 0.15) is 38.5 Å². The molecule has 1 aromatic carbocycles. The normalized spacial score (nSPS) is 26.8. The summed E-state index contributed by atoms with van der Waals surface area (Å²) in [6, 6.07) is 4.70. The number of urea groups is 1. The summed E-state index contributed by atoms with van der Waals surface area (Å²) in [7, 11) is 0. The standard InChI is InChI=1S/C24H30Cl2N4O3/c25-19-4-1-16(13-20(19)26)27-23(33)29-11-6-22(32)30-17(2-3-18(30)14-29)5-10-28-12-9-24(7-8-24)21(31)15-28/h1-2,4,13,18,21,31H,3,5-12,14-15H2,(H,27,33)/t18?,21-/m1/s1. The molecule has 0 radical (unpaired) electrons. The van der Waals surface area contributed by atoms with Crippen LogP contribution in [0.4, 0.5) is 10.5 Å². The van der Waals surface area contributed by atoms with E-state index in [1.807, 2.05) is 4.90 Å². The van der Waals surface area contributed by atoms with Gasteiger partial charge in [-0.2, -0.15) is 0 Å². The van der Waals surface area contributed by atoms with Gasteiger partial charge in [0, 0.05) is 50.4 Å². The molecule has 2 N–H and O–H groups in total. The number of piperidine rings is 1.